The van der Waals surface area contributed by atoms with Crippen molar-refractivity contribution in [1.29, 1.82) is 0 Å². The molecule has 0 spiro atoms. The molecule has 0 saturated heterocycles. The van der Waals surface area contributed by atoms with Gasteiger partial charge in [0.2, 0.25) is 0 Å². The number of hydrogen-bond acceptors (Lipinski definition) is 5. The monoisotopic (exact) mass is 372 g/mol. The molecule has 3 aromatic rings. The number of hydrogen-bond donors (Lipinski definition) is 1. The number of ketones is 1. The van der Waals surface area contributed by atoms with Gasteiger partial charge in [-0.15, -0.1) is 0 Å². The molecule has 0 aliphatic carbocycles. The van der Waals surface area contributed by atoms with Crippen LogP contribution in [0.4, 0.5) is 17.2 Å². The highest BCUT2D eigenvalue weighted by atomic mass is 16.2. The minimum Gasteiger partial charge on any atom is -0.340 e. The lowest BCUT2D eigenvalue weighted by Crippen LogP contribution is -2.30. The van der Waals surface area contributed by atoms with Gasteiger partial charge in [-0.25, -0.2) is 9.97 Å². The van der Waals surface area contributed by atoms with Crippen LogP contribution in [0.2, 0.25) is 0 Å². The van der Waals surface area contributed by atoms with Crippen LogP contribution in [-0.2, 0) is 6.42 Å². The normalized spacial score (nSPS) is 12.6. The molecule has 4 rings (SSSR count). The standard InChI is InChI=1S/C22H20N4O2/c1-14(27)17-7-5-8-18(12-17)25-21-13-19(23-15(2)24-21)22(28)26-11-10-16-6-3-4-9-20(16)26/h3-9,12-13H,10-11H2,1-2H3,(H,23,24,25). The average Bonchev–Trinajstić information content (AvgIpc) is 3.11. The third-order valence-corrected chi connectivity index (χ3v) is 4.73. The summed E-state index contributed by atoms with van der Waals surface area (Å²) in [6.45, 7) is 3.93. The number of rotatable bonds is 4. The van der Waals surface area contributed by atoms with Crippen LogP contribution < -0.4 is 10.2 Å². The zero-order valence-corrected chi connectivity index (χ0v) is 15.8. The quantitative estimate of drug-likeness (QED) is 0.702. The van der Waals surface area contributed by atoms with E-state index in [0.29, 0.717) is 29.4 Å². The maximum Gasteiger partial charge on any atom is 0.277 e. The molecule has 1 amide bonds. The zero-order valence-electron chi connectivity index (χ0n) is 15.8. The summed E-state index contributed by atoms with van der Waals surface area (Å²) in [5.41, 5.74) is 3.79. The number of aromatic nitrogens is 2. The van der Waals surface area contributed by atoms with Crippen molar-refractivity contribution < 1.29 is 9.59 Å². The van der Waals surface area contributed by atoms with Gasteiger partial charge in [-0.1, -0.05) is 30.3 Å². The first-order valence-corrected chi connectivity index (χ1v) is 9.15. The topological polar surface area (TPSA) is 75.2 Å². The van der Waals surface area contributed by atoms with Crippen LogP contribution in [-0.4, -0.2) is 28.2 Å². The van der Waals surface area contributed by atoms with Crippen LogP contribution in [0.25, 0.3) is 0 Å². The van der Waals surface area contributed by atoms with Gasteiger partial charge in [0.15, 0.2) is 5.78 Å². The summed E-state index contributed by atoms with van der Waals surface area (Å²) in [6, 6.07) is 16.8. The Bertz CT molecular complexity index is 1080. The van der Waals surface area contributed by atoms with E-state index in [1.165, 1.54) is 12.5 Å². The number of carbonyl (C=O) groups is 2. The van der Waals surface area contributed by atoms with E-state index in [0.717, 1.165) is 17.8 Å². The fourth-order valence-corrected chi connectivity index (χ4v) is 3.39. The van der Waals surface area contributed by atoms with Crippen molar-refractivity contribution in [1.82, 2.24) is 9.97 Å². The van der Waals surface area contributed by atoms with Gasteiger partial charge in [0.05, 0.1) is 0 Å². The number of amides is 1. The molecule has 1 aromatic heterocycles. The second-order valence-corrected chi connectivity index (χ2v) is 6.78. The number of aryl methyl sites for hydroxylation is 1. The molecule has 0 bridgehead atoms. The van der Waals surface area contributed by atoms with Crippen LogP contribution in [0.15, 0.2) is 54.6 Å². The highest BCUT2D eigenvalue weighted by Gasteiger charge is 2.26. The van der Waals surface area contributed by atoms with Gasteiger partial charge >= 0.3 is 0 Å². The van der Waals surface area contributed by atoms with Gasteiger partial charge in [0, 0.05) is 29.5 Å². The summed E-state index contributed by atoms with van der Waals surface area (Å²) in [5, 5.41) is 3.17. The number of nitrogens with zero attached hydrogens (tertiary/aromatic N) is 3. The van der Waals surface area contributed by atoms with Crippen molar-refractivity contribution in [3.8, 4) is 0 Å². The van der Waals surface area contributed by atoms with E-state index in [9.17, 15) is 9.59 Å². The summed E-state index contributed by atoms with van der Waals surface area (Å²) in [6.07, 6.45) is 0.842. The number of fused-ring (bicyclic) bond motifs is 1. The molecule has 0 radical (unpaired) electrons. The van der Waals surface area contributed by atoms with E-state index in [1.54, 1.807) is 36.1 Å². The second kappa shape index (κ2) is 7.23. The molecular weight excluding hydrogens is 352 g/mol. The summed E-state index contributed by atoms with van der Waals surface area (Å²) in [4.78, 5) is 35.1. The van der Waals surface area contributed by atoms with E-state index in [4.69, 9.17) is 0 Å². The highest BCUT2D eigenvalue weighted by Crippen LogP contribution is 2.29. The van der Waals surface area contributed by atoms with Crippen molar-refractivity contribution in [2.24, 2.45) is 0 Å². The van der Waals surface area contributed by atoms with Crippen molar-refractivity contribution >= 4 is 28.9 Å². The number of Topliss-reactive ketones (excluding diaryl/α,β-unsaturated/α-hetero) is 1. The first kappa shape index (κ1) is 17.9. The minimum atomic E-state index is -0.143. The Morgan fingerprint density at radius 1 is 1.04 bits per heavy atom. The van der Waals surface area contributed by atoms with Crippen LogP contribution in [0.3, 0.4) is 0 Å². The number of carbonyl (C=O) groups excluding carboxylic acids is 2. The molecule has 0 atom stereocenters. The third-order valence-electron chi connectivity index (χ3n) is 4.73. The largest absolute Gasteiger partial charge is 0.340 e. The molecule has 6 nitrogen and oxygen atoms in total. The average molecular weight is 372 g/mol. The van der Waals surface area contributed by atoms with E-state index < -0.39 is 0 Å². The lowest BCUT2D eigenvalue weighted by Gasteiger charge is -2.17. The second-order valence-electron chi connectivity index (χ2n) is 6.78. The predicted molar refractivity (Wildman–Crippen MR) is 108 cm³/mol. The first-order valence-electron chi connectivity index (χ1n) is 9.15. The van der Waals surface area contributed by atoms with Gasteiger partial charge in [-0.3, -0.25) is 9.59 Å². The fourth-order valence-electron chi connectivity index (χ4n) is 3.39. The lowest BCUT2D eigenvalue weighted by molar-refractivity contribution is 0.0982. The minimum absolute atomic E-state index is 0.00826. The van der Waals surface area contributed by atoms with Crippen molar-refractivity contribution in [3.63, 3.8) is 0 Å². The van der Waals surface area contributed by atoms with Gasteiger partial charge in [0.25, 0.3) is 5.91 Å². The highest BCUT2D eigenvalue weighted by molar-refractivity contribution is 6.06. The number of para-hydroxylation sites is 1. The molecule has 0 unspecified atom stereocenters. The van der Waals surface area contributed by atoms with Crippen LogP contribution in [0.1, 0.15) is 39.2 Å². The Morgan fingerprint density at radius 2 is 1.86 bits per heavy atom. The van der Waals surface area contributed by atoms with Crippen LogP contribution in [0, 0.1) is 6.92 Å². The van der Waals surface area contributed by atoms with Crippen molar-refractivity contribution in [2.45, 2.75) is 20.3 Å². The Hall–Kier alpha value is -3.54. The number of benzene rings is 2. The zero-order chi connectivity index (χ0) is 19.7. The van der Waals surface area contributed by atoms with Crippen molar-refractivity contribution in [2.75, 3.05) is 16.8 Å². The first-order chi connectivity index (χ1) is 13.5. The summed E-state index contributed by atoms with van der Waals surface area (Å²) < 4.78 is 0. The molecule has 0 saturated carbocycles. The summed E-state index contributed by atoms with van der Waals surface area (Å²) in [5.74, 6) is 0.870. The van der Waals surface area contributed by atoms with Gasteiger partial charge in [0.1, 0.15) is 17.3 Å². The predicted octanol–water partition coefficient (Wildman–Crippen LogP) is 3.93. The molecule has 2 aromatic carbocycles. The summed E-state index contributed by atoms with van der Waals surface area (Å²) >= 11 is 0. The van der Waals surface area contributed by atoms with Crippen LogP contribution >= 0.6 is 0 Å². The number of anilines is 3. The Kier molecular flexibility index (Phi) is 4.61. The Labute approximate surface area is 163 Å². The van der Waals surface area contributed by atoms with Crippen LogP contribution in [0.5, 0.6) is 0 Å². The molecule has 6 heteroatoms. The smallest absolute Gasteiger partial charge is 0.277 e. The molecule has 0 fully saturated rings. The molecule has 1 N–H and O–H groups in total. The van der Waals surface area contributed by atoms with Gasteiger partial charge in [-0.05, 0) is 44.0 Å². The van der Waals surface area contributed by atoms with E-state index in [2.05, 4.69) is 15.3 Å². The third kappa shape index (κ3) is 3.49. The van der Waals surface area contributed by atoms with Crippen molar-refractivity contribution in [3.05, 3.63) is 77.2 Å². The number of nitrogens with one attached hydrogen (secondary N) is 1. The molecule has 1 aliphatic rings. The van der Waals surface area contributed by atoms with E-state index in [-0.39, 0.29) is 11.7 Å². The fraction of sp³-hybridized carbons (Fsp3) is 0.182. The lowest BCUT2D eigenvalue weighted by atomic mass is 10.1. The molecule has 1 aliphatic heterocycles. The van der Waals surface area contributed by atoms with E-state index >= 15 is 0 Å². The maximum atomic E-state index is 13.1. The van der Waals surface area contributed by atoms with Gasteiger partial charge < -0.3 is 10.2 Å². The van der Waals surface area contributed by atoms with E-state index in [1.807, 2.05) is 30.3 Å². The maximum absolute atomic E-state index is 13.1. The molecular formula is C22H20N4O2. The molecule has 28 heavy (non-hydrogen) atoms. The molecule has 140 valence electrons. The van der Waals surface area contributed by atoms with Gasteiger partial charge in [-0.2, -0.15) is 0 Å². The SMILES string of the molecule is CC(=O)c1cccc(Nc2cc(C(=O)N3CCc4ccccc43)nc(C)n2)c1. The molecule has 2 heterocycles. The Morgan fingerprint density at radius 3 is 2.68 bits per heavy atom. The Balaban J connectivity index is 1.62. The summed E-state index contributed by atoms with van der Waals surface area (Å²) in [7, 11) is 0.